The van der Waals surface area contributed by atoms with E-state index in [1.165, 1.54) is 0 Å². The molecule has 0 aromatic carbocycles. The SMILES string of the molecule is CCOC(=O)c1cn2cc(Br)cc(C(C)OC)c2n1. The van der Waals surface area contributed by atoms with Crippen LogP contribution >= 0.6 is 15.9 Å². The maximum Gasteiger partial charge on any atom is 0.358 e. The molecule has 0 radical (unpaired) electrons. The van der Waals surface area contributed by atoms with Gasteiger partial charge in [-0.3, -0.25) is 0 Å². The van der Waals surface area contributed by atoms with E-state index in [0.717, 1.165) is 10.0 Å². The average Bonchev–Trinajstić information content (AvgIpc) is 2.80. The number of carbonyl (C=O) groups is 1. The second kappa shape index (κ2) is 5.71. The number of pyridine rings is 1. The first-order chi connectivity index (χ1) is 9.06. The molecule has 0 amide bonds. The Morgan fingerprint density at radius 3 is 2.89 bits per heavy atom. The highest BCUT2D eigenvalue weighted by Crippen LogP contribution is 2.25. The van der Waals surface area contributed by atoms with Crippen LogP contribution in [0, 0.1) is 0 Å². The number of hydrogen-bond donors (Lipinski definition) is 0. The second-order valence-electron chi connectivity index (χ2n) is 4.07. The van der Waals surface area contributed by atoms with Gasteiger partial charge in [0.2, 0.25) is 0 Å². The fraction of sp³-hybridized carbons (Fsp3) is 0.385. The molecule has 0 saturated heterocycles. The van der Waals surface area contributed by atoms with Crippen LogP contribution in [0.15, 0.2) is 22.9 Å². The zero-order valence-electron chi connectivity index (χ0n) is 11.0. The van der Waals surface area contributed by atoms with Crippen molar-refractivity contribution in [2.45, 2.75) is 20.0 Å². The topological polar surface area (TPSA) is 52.8 Å². The minimum Gasteiger partial charge on any atom is -0.461 e. The molecule has 1 unspecified atom stereocenters. The van der Waals surface area contributed by atoms with Crippen molar-refractivity contribution in [1.29, 1.82) is 0 Å². The van der Waals surface area contributed by atoms with E-state index in [1.54, 1.807) is 24.6 Å². The fourth-order valence-electron chi connectivity index (χ4n) is 1.82. The van der Waals surface area contributed by atoms with Crippen LogP contribution < -0.4 is 0 Å². The van der Waals surface area contributed by atoms with Crippen molar-refractivity contribution in [1.82, 2.24) is 9.38 Å². The maximum absolute atomic E-state index is 11.7. The standard InChI is InChI=1S/C13H15BrN2O3/c1-4-19-13(17)11-7-16-6-9(14)5-10(8(2)18-3)12(16)15-11/h5-8H,4H2,1-3H3. The molecular weight excluding hydrogens is 312 g/mol. The lowest BCUT2D eigenvalue weighted by Crippen LogP contribution is -2.04. The Morgan fingerprint density at radius 2 is 2.26 bits per heavy atom. The highest BCUT2D eigenvalue weighted by molar-refractivity contribution is 9.10. The first-order valence-electron chi connectivity index (χ1n) is 5.94. The van der Waals surface area contributed by atoms with Crippen molar-refractivity contribution in [2.24, 2.45) is 0 Å². The van der Waals surface area contributed by atoms with Crippen molar-refractivity contribution in [3.8, 4) is 0 Å². The minimum atomic E-state index is -0.418. The third-order valence-electron chi connectivity index (χ3n) is 2.82. The van der Waals surface area contributed by atoms with Gasteiger partial charge in [0, 0.05) is 29.5 Å². The number of rotatable bonds is 4. The van der Waals surface area contributed by atoms with Crippen molar-refractivity contribution in [2.75, 3.05) is 13.7 Å². The molecule has 0 bridgehead atoms. The molecule has 0 saturated carbocycles. The van der Waals surface area contributed by atoms with Gasteiger partial charge in [0.15, 0.2) is 5.69 Å². The summed E-state index contributed by atoms with van der Waals surface area (Å²) in [5.74, 6) is -0.418. The number of esters is 1. The van der Waals surface area contributed by atoms with Gasteiger partial charge < -0.3 is 13.9 Å². The third kappa shape index (κ3) is 2.79. The molecule has 0 fully saturated rings. The van der Waals surface area contributed by atoms with Crippen LogP contribution in [0.5, 0.6) is 0 Å². The summed E-state index contributed by atoms with van der Waals surface area (Å²) in [6.45, 7) is 4.03. The largest absolute Gasteiger partial charge is 0.461 e. The third-order valence-corrected chi connectivity index (χ3v) is 3.26. The number of aromatic nitrogens is 2. The molecule has 2 aromatic heterocycles. The van der Waals surface area contributed by atoms with Gasteiger partial charge in [-0.15, -0.1) is 0 Å². The molecule has 0 aliphatic carbocycles. The molecule has 6 heteroatoms. The van der Waals surface area contributed by atoms with Gasteiger partial charge in [0.05, 0.1) is 12.7 Å². The summed E-state index contributed by atoms with van der Waals surface area (Å²) in [5.41, 5.74) is 1.90. The van der Waals surface area contributed by atoms with Gasteiger partial charge in [0.1, 0.15) is 5.65 Å². The lowest BCUT2D eigenvalue weighted by molar-refractivity contribution is 0.0520. The Balaban J connectivity index is 2.55. The lowest BCUT2D eigenvalue weighted by atomic mass is 10.2. The van der Waals surface area contributed by atoms with E-state index >= 15 is 0 Å². The van der Waals surface area contributed by atoms with Crippen LogP contribution in [0.1, 0.15) is 36.0 Å². The highest BCUT2D eigenvalue weighted by Gasteiger charge is 2.17. The molecule has 5 nitrogen and oxygen atoms in total. The Hall–Kier alpha value is -1.40. The second-order valence-corrected chi connectivity index (χ2v) is 4.98. The smallest absolute Gasteiger partial charge is 0.358 e. The van der Waals surface area contributed by atoms with E-state index in [2.05, 4.69) is 20.9 Å². The van der Waals surface area contributed by atoms with Crippen LogP contribution in [-0.4, -0.2) is 29.1 Å². The van der Waals surface area contributed by atoms with Gasteiger partial charge in [-0.05, 0) is 35.8 Å². The number of halogens is 1. The van der Waals surface area contributed by atoms with Gasteiger partial charge in [-0.25, -0.2) is 9.78 Å². The fourth-order valence-corrected chi connectivity index (χ4v) is 2.29. The Morgan fingerprint density at radius 1 is 1.53 bits per heavy atom. The van der Waals surface area contributed by atoms with E-state index in [1.807, 2.05) is 19.2 Å². The number of ether oxygens (including phenoxy) is 2. The molecule has 0 N–H and O–H groups in total. The van der Waals surface area contributed by atoms with Gasteiger partial charge in [0.25, 0.3) is 0 Å². The highest BCUT2D eigenvalue weighted by atomic mass is 79.9. The molecule has 19 heavy (non-hydrogen) atoms. The maximum atomic E-state index is 11.7. The van der Waals surface area contributed by atoms with Crippen LogP contribution in [0.4, 0.5) is 0 Å². The number of nitrogens with zero attached hydrogens (tertiary/aromatic N) is 2. The van der Waals surface area contributed by atoms with E-state index < -0.39 is 5.97 Å². The zero-order chi connectivity index (χ0) is 14.0. The number of fused-ring (bicyclic) bond motifs is 1. The average molecular weight is 327 g/mol. The van der Waals surface area contributed by atoms with Crippen molar-refractivity contribution in [3.63, 3.8) is 0 Å². The predicted molar refractivity (Wildman–Crippen MR) is 74.3 cm³/mol. The van der Waals surface area contributed by atoms with Crippen molar-refractivity contribution < 1.29 is 14.3 Å². The van der Waals surface area contributed by atoms with Crippen LogP contribution in [0.2, 0.25) is 0 Å². The molecule has 0 spiro atoms. The molecule has 2 rings (SSSR count). The van der Waals surface area contributed by atoms with E-state index in [4.69, 9.17) is 9.47 Å². The monoisotopic (exact) mass is 326 g/mol. The summed E-state index contributed by atoms with van der Waals surface area (Å²) in [7, 11) is 1.64. The quantitative estimate of drug-likeness (QED) is 0.810. The normalized spacial score (nSPS) is 12.6. The molecule has 0 aliphatic heterocycles. The summed E-state index contributed by atoms with van der Waals surface area (Å²) >= 11 is 3.44. The number of hydrogen-bond acceptors (Lipinski definition) is 4. The van der Waals surface area contributed by atoms with Gasteiger partial charge in [-0.1, -0.05) is 0 Å². The van der Waals surface area contributed by atoms with Gasteiger partial charge in [-0.2, -0.15) is 0 Å². The Bertz CT molecular complexity index is 609. The van der Waals surface area contributed by atoms with E-state index in [0.29, 0.717) is 17.9 Å². The lowest BCUT2D eigenvalue weighted by Gasteiger charge is -2.11. The predicted octanol–water partition coefficient (Wildman–Crippen LogP) is 2.98. The van der Waals surface area contributed by atoms with Gasteiger partial charge >= 0.3 is 5.97 Å². The molecule has 1 atom stereocenters. The van der Waals surface area contributed by atoms with Crippen molar-refractivity contribution in [3.05, 3.63) is 34.2 Å². The van der Waals surface area contributed by atoms with E-state index in [-0.39, 0.29) is 6.10 Å². The zero-order valence-corrected chi connectivity index (χ0v) is 12.6. The molecule has 102 valence electrons. The van der Waals surface area contributed by atoms with Crippen molar-refractivity contribution >= 4 is 27.5 Å². The first kappa shape index (κ1) is 14.0. The van der Waals surface area contributed by atoms with E-state index in [9.17, 15) is 4.79 Å². The summed E-state index contributed by atoms with van der Waals surface area (Å²) in [6.07, 6.45) is 3.39. The summed E-state index contributed by atoms with van der Waals surface area (Å²) in [4.78, 5) is 16.0. The summed E-state index contributed by atoms with van der Waals surface area (Å²) < 4.78 is 13.0. The van der Waals surface area contributed by atoms with Crippen LogP contribution in [-0.2, 0) is 9.47 Å². The molecule has 0 aliphatic rings. The minimum absolute atomic E-state index is 0.113. The first-order valence-corrected chi connectivity index (χ1v) is 6.74. The summed E-state index contributed by atoms with van der Waals surface area (Å²) in [6, 6.07) is 1.94. The van der Waals surface area contributed by atoms with Crippen LogP contribution in [0.25, 0.3) is 5.65 Å². The Kier molecular flexibility index (Phi) is 4.21. The Labute approximate surface area is 119 Å². The molecular formula is C13H15BrN2O3. The number of carbonyl (C=O) groups excluding carboxylic acids is 1. The number of methoxy groups -OCH3 is 1. The number of imidazole rings is 1. The molecule has 2 heterocycles. The summed E-state index contributed by atoms with van der Waals surface area (Å²) in [5, 5.41) is 0. The van der Waals surface area contributed by atoms with Crippen LogP contribution in [0.3, 0.4) is 0 Å². The molecule has 2 aromatic rings.